The molecule has 1 amide bonds. The molecule has 0 fully saturated rings. The summed E-state index contributed by atoms with van der Waals surface area (Å²) in [4.78, 5) is 26.3. The molecule has 2 N–H and O–H groups in total. The largest absolute Gasteiger partial charge is 0.476 e. The number of halogens is 2. The molecular formula is C12H8BrFN2O3S. The van der Waals surface area contributed by atoms with Crippen molar-refractivity contribution in [2.75, 3.05) is 0 Å². The smallest absolute Gasteiger partial charge is 0.355 e. The average Bonchev–Trinajstić information content (AvgIpc) is 2.88. The van der Waals surface area contributed by atoms with Crippen molar-refractivity contribution >= 4 is 39.1 Å². The lowest BCUT2D eigenvalue weighted by atomic mass is 10.2. The van der Waals surface area contributed by atoms with E-state index < -0.39 is 17.7 Å². The molecule has 1 aromatic carbocycles. The number of hydrogen-bond acceptors (Lipinski definition) is 4. The number of aromatic carboxylic acids is 1. The zero-order chi connectivity index (χ0) is 14.7. The minimum Gasteiger partial charge on any atom is -0.476 e. The molecule has 0 spiro atoms. The highest BCUT2D eigenvalue weighted by Gasteiger charge is 2.14. The normalized spacial score (nSPS) is 10.3. The summed E-state index contributed by atoms with van der Waals surface area (Å²) >= 11 is 4.11. The lowest BCUT2D eigenvalue weighted by Gasteiger charge is -2.05. The zero-order valence-corrected chi connectivity index (χ0v) is 12.3. The minimum absolute atomic E-state index is 0.0444. The van der Waals surface area contributed by atoms with Crippen LogP contribution in [0.25, 0.3) is 0 Å². The lowest BCUT2D eigenvalue weighted by Crippen LogP contribution is -2.24. The third kappa shape index (κ3) is 3.20. The Hall–Kier alpha value is -1.80. The molecular weight excluding hydrogens is 351 g/mol. The number of aromatic nitrogens is 1. The number of nitrogens with one attached hydrogen (secondary N) is 1. The first kappa shape index (κ1) is 14.6. The number of carboxylic acids is 1. The molecule has 5 nitrogen and oxygen atoms in total. The molecule has 0 bridgehead atoms. The van der Waals surface area contributed by atoms with Crippen LogP contribution in [0, 0.1) is 5.82 Å². The maximum atomic E-state index is 13.7. The van der Waals surface area contributed by atoms with Gasteiger partial charge in [-0.2, -0.15) is 0 Å². The van der Waals surface area contributed by atoms with E-state index in [1.54, 1.807) is 6.07 Å². The van der Waals surface area contributed by atoms with E-state index >= 15 is 0 Å². The molecule has 20 heavy (non-hydrogen) atoms. The summed E-state index contributed by atoms with van der Waals surface area (Å²) in [5.41, 5.74) is -0.165. The van der Waals surface area contributed by atoms with Crippen LogP contribution in [0.3, 0.4) is 0 Å². The third-order valence-electron chi connectivity index (χ3n) is 2.37. The average molecular weight is 359 g/mol. The van der Waals surface area contributed by atoms with E-state index in [0.717, 1.165) is 11.3 Å². The van der Waals surface area contributed by atoms with Gasteiger partial charge in [0.2, 0.25) is 0 Å². The van der Waals surface area contributed by atoms with Crippen LogP contribution in [0.1, 0.15) is 25.9 Å². The Morgan fingerprint density at radius 1 is 1.45 bits per heavy atom. The molecule has 0 atom stereocenters. The van der Waals surface area contributed by atoms with Gasteiger partial charge in [-0.1, -0.05) is 6.07 Å². The Morgan fingerprint density at radius 3 is 2.85 bits per heavy atom. The third-order valence-corrected chi connectivity index (χ3v) is 3.83. The van der Waals surface area contributed by atoms with Gasteiger partial charge in [-0.15, -0.1) is 11.3 Å². The molecule has 2 rings (SSSR count). The van der Waals surface area contributed by atoms with E-state index in [0.29, 0.717) is 5.01 Å². The number of rotatable bonds is 4. The Kier molecular flexibility index (Phi) is 4.46. The second kappa shape index (κ2) is 6.10. The first-order valence-electron chi connectivity index (χ1n) is 5.39. The van der Waals surface area contributed by atoms with Crippen molar-refractivity contribution < 1.29 is 19.1 Å². The van der Waals surface area contributed by atoms with Crippen LogP contribution in [0.4, 0.5) is 4.39 Å². The molecule has 0 saturated heterocycles. The molecule has 2 aromatic rings. The number of thiazole rings is 1. The number of carbonyl (C=O) groups is 2. The first-order valence-corrected chi connectivity index (χ1v) is 7.06. The van der Waals surface area contributed by atoms with E-state index in [2.05, 4.69) is 26.2 Å². The molecule has 1 aromatic heterocycles. The first-order chi connectivity index (χ1) is 9.49. The van der Waals surface area contributed by atoms with Crippen LogP contribution in [0.5, 0.6) is 0 Å². The molecule has 0 unspecified atom stereocenters. The van der Waals surface area contributed by atoms with Crippen molar-refractivity contribution in [3.63, 3.8) is 0 Å². The van der Waals surface area contributed by atoms with Crippen molar-refractivity contribution in [3.05, 3.63) is 50.1 Å². The van der Waals surface area contributed by atoms with Crippen molar-refractivity contribution in [3.8, 4) is 0 Å². The number of benzene rings is 1. The van der Waals surface area contributed by atoms with Gasteiger partial charge in [0.05, 0.1) is 16.6 Å². The van der Waals surface area contributed by atoms with Gasteiger partial charge in [0.25, 0.3) is 5.91 Å². The Bertz CT molecular complexity index is 674. The molecule has 0 aliphatic heterocycles. The van der Waals surface area contributed by atoms with Crippen LogP contribution in [0.2, 0.25) is 0 Å². The van der Waals surface area contributed by atoms with E-state index in [1.807, 2.05) is 0 Å². The molecule has 0 saturated carbocycles. The van der Waals surface area contributed by atoms with Gasteiger partial charge in [-0.05, 0) is 28.1 Å². The van der Waals surface area contributed by atoms with Gasteiger partial charge in [0.15, 0.2) is 5.69 Å². The van der Waals surface area contributed by atoms with Crippen LogP contribution in [-0.2, 0) is 6.54 Å². The molecule has 1 heterocycles. The summed E-state index contributed by atoms with van der Waals surface area (Å²) in [6, 6.07) is 4.40. The summed E-state index contributed by atoms with van der Waals surface area (Å²) in [7, 11) is 0. The SMILES string of the molecule is O=C(O)c1csc(CNC(=O)c2cccc(Br)c2F)n1. The summed E-state index contributed by atoms with van der Waals surface area (Å²) in [6.07, 6.45) is 0. The number of hydrogen-bond donors (Lipinski definition) is 2. The van der Waals surface area contributed by atoms with Crippen LogP contribution in [-0.4, -0.2) is 22.0 Å². The number of nitrogens with zero attached hydrogens (tertiary/aromatic N) is 1. The quantitative estimate of drug-likeness (QED) is 0.880. The van der Waals surface area contributed by atoms with E-state index in [-0.39, 0.29) is 22.3 Å². The Balaban J connectivity index is 2.05. The van der Waals surface area contributed by atoms with Crippen molar-refractivity contribution in [1.29, 1.82) is 0 Å². The fourth-order valence-electron chi connectivity index (χ4n) is 1.42. The van der Waals surface area contributed by atoms with Gasteiger partial charge < -0.3 is 10.4 Å². The highest BCUT2D eigenvalue weighted by molar-refractivity contribution is 9.10. The van der Waals surface area contributed by atoms with E-state index in [9.17, 15) is 14.0 Å². The Labute approximate surface area is 125 Å². The van der Waals surface area contributed by atoms with Crippen LogP contribution < -0.4 is 5.32 Å². The second-order valence-electron chi connectivity index (χ2n) is 3.72. The van der Waals surface area contributed by atoms with Crippen LogP contribution in [0.15, 0.2) is 28.1 Å². The monoisotopic (exact) mass is 358 g/mol. The molecule has 0 radical (unpaired) electrons. The zero-order valence-electron chi connectivity index (χ0n) is 9.89. The maximum absolute atomic E-state index is 13.7. The maximum Gasteiger partial charge on any atom is 0.355 e. The fourth-order valence-corrected chi connectivity index (χ4v) is 2.49. The number of carboxylic acid groups (broad SMARTS) is 1. The van der Waals surface area contributed by atoms with Gasteiger partial charge in [0.1, 0.15) is 10.8 Å². The summed E-state index contributed by atoms with van der Waals surface area (Å²) in [6.45, 7) is 0.0444. The van der Waals surface area contributed by atoms with Crippen molar-refractivity contribution in [2.45, 2.75) is 6.54 Å². The second-order valence-corrected chi connectivity index (χ2v) is 5.51. The van der Waals surface area contributed by atoms with Gasteiger partial charge in [0, 0.05) is 5.38 Å². The van der Waals surface area contributed by atoms with Crippen molar-refractivity contribution in [2.24, 2.45) is 0 Å². The highest BCUT2D eigenvalue weighted by atomic mass is 79.9. The van der Waals surface area contributed by atoms with E-state index in [4.69, 9.17) is 5.11 Å². The van der Waals surface area contributed by atoms with Crippen molar-refractivity contribution in [1.82, 2.24) is 10.3 Å². The predicted octanol–water partition coefficient (Wildman–Crippen LogP) is 2.67. The van der Waals surface area contributed by atoms with Crippen LogP contribution >= 0.6 is 27.3 Å². The number of carbonyl (C=O) groups excluding carboxylic acids is 1. The summed E-state index contributed by atoms with van der Waals surface area (Å²) in [5, 5.41) is 13.0. The minimum atomic E-state index is -1.13. The van der Waals surface area contributed by atoms with Gasteiger partial charge in [-0.3, -0.25) is 4.79 Å². The lowest BCUT2D eigenvalue weighted by molar-refractivity contribution is 0.0691. The van der Waals surface area contributed by atoms with Gasteiger partial charge in [-0.25, -0.2) is 14.2 Å². The fraction of sp³-hybridized carbons (Fsp3) is 0.0833. The predicted molar refractivity (Wildman–Crippen MR) is 74.3 cm³/mol. The summed E-state index contributed by atoms with van der Waals surface area (Å²) in [5.74, 6) is -2.36. The topological polar surface area (TPSA) is 79.3 Å². The standard InChI is InChI=1S/C12H8BrFN2O3S/c13-7-3-1-2-6(10(7)14)11(17)15-4-9-16-8(5-20-9)12(18)19/h1-3,5H,4H2,(H,15,17)(H,18,19). The molecule has 0 aliphatic rings. The molecule has 8 heteroatoms. The van der Waals surface area contributed by atoms with E-state index in [1.165, 1.54) is 17.5 Å². The Morgan fingerprint density at radius 2 is 2.20 bits per heavy atom. The summed E-state index contributed by atoms with van der Waals surface area (Å²) < 4.78 is 13.9. The number of amides is 1. The van der Waals surface area contributed by atoms with Gasteiger partial charge >= 0.3 is 5.97 Å². The molecule has 104 valence electrons. The molecule has 0 aliphatic carbocycles. The highest BCUT2D eigenvalue weighted by Crippen LogP contribution is 2.18.